The van der Waals surface area contributed by atoms with Gasteiger partial charge >= 0.3 is 0 Å². The lowest BCUT2D eigenvalue weighted by molar-refractivity contribution is 0.530. The molecule has 1 aromatic carbocycles. The first-order chi connectivity index (χ1) is 8.19. The molecule has 1 N–H and O–H groups in total. The molecule has 0 radical (unpaired) electrons. The van der Waals surface area contributed by atoms with Gasteiger partial charge in [-0.3, -0.25) is 0 Å². The van der Waals surface area contributed by atoms with Gasteiger partial charge in [-0.05, 0) is 42.9 Å². The molecule has 0 spiro atoms. The Morgan fingerprint density at radius 2 is 2.24 bits per heavy atom. The van der Waals surface area contributed by atoms with Crippen LogP contribution in [-0.4, -0.2) is 17.5 Å². The van der Waals surface area contributed by atoms with Gasteiger partial charge < -0.3 is 5.32 Å². The summed E-state index contributed by atoms with van der Waals surface area (Å²) in [6.45, 7) is 0.694. The van der Waals surface area contributed by atoms with E-state index in [1.165, 1.54) is 25.3 Å². The summed E-state index contributed by atoms with van der Waals surface area (Å²) in [6.07, 6.45) is 5.94. The topological polar surface area (TPSA) is 12.0 Å². The van der Waals surface area contributed by atoms with Gasteiger partial charge in [0.15, 0.2) is 0 Å². The standard InChI is InChI=1S/C13H17ClFNS/c1-17-13-4-2-3-12(13)16-8-9-5-10(14)7-11(15)6-9/h5-7,12-13,16H,2-4,8H2,1H3. The van der Waals surface area contributed by atoms with Crippen molar-refractivity contribution < 1.29 is 4.39 Å². The second kappa shape index (κ2) is 6.07. The first-order valence-corrected chi connectivity index (χ1v) is 7.57. The Hall–Kier alpha value is -0.250. The van der Waals surface area contributed by atoms with Gasteiger partial charge in [-0.25, -0.2) is 4.39 Å². The molecule has 0 amide bonds. The molecule has 0 aromatic heterocycles. The lowest BCUT2D eigenvalue weighted by Gasteiger charge is -2.19. The fourth-order valence-corrected chi connectivity index (χ4v) is 3.61. The average molecular weight is 274 g/mol. The first kappa shape index (κ1) is 13.2. The van der Waals surface area contributed by atoms with E-state index >= 15 is 0 Å². The number of hydrogen-bond acceptors (Lipinski definition) is 2. The van der Waals surface area contributed by atoms with Crippen LogP contribution in [-0.2, 0) is 6.54 Å². The summed E-state index contributed by atoms with van der Waals surface area (Å²) < 4.78 is 13.2. The summed E-state index contributed by atoms with van der Waals surface area (Å²) in [5.74, 6) is -0.262. The van der Waals surface area contributed by atoms with Crippen LogP contribution in [0.3, 0.4) is 0 Å². The highest BCUT2D eigenvalue weighted by Crippen LogP contribution is 2.28. The maximum absolute atomic E-state index is 13.2. The van der Waals surface area contributed by atoms with Gasteiger partial charge in [-0.2, -0.15) is 11.8 Å². The van der Waals surface area contributed by atoms with Gasteiger partial charge in [-0.15, -0.1) is 0 Å². The van der Waals surface area contributed by atoms with Gasteiger partial charge in [0.1, 0.15) is 5.82 Å². The van der Waals surface area contributed by atoms with Crippen molar-refractivity contribution in [1.29, 1.82) is 0 Å². The molecule has 0 saturated heterocycles. The third kappa shape index (κ3) is 3.60. The molecule has 4 heteroatoms. The summed E-state index contributed by atoms with van der Waals surface area (Å²) >= 11 is 7.75. The van der Waals surface area contributed by atoms with E-state index in [2.05, 4.69) is 11.6 Å². The van der Waals surface area contributed by atoms with Gasteiger partial charge in [0.2, 0.25) is 0 Å². The average Bonchev–Trinajstić information content (AvgIpc) is 2.72. The van der Waals surface area contributed by atoms with Crippen molar-refractivity contribution in [2.75, 3.05) is 6.26 Å². The molecule has 17 heavy (non-hydrogen) atoms. The molecular formula is C13H17ClFNS. The number of rotatable bonds is 4. The predicted octanol–water partition coefficient (Wildman–Crippen LogP) is 3.85. The van der Waals surface area contributed by atoms with Crippen LogP contribution in [0.1, 0.15) is 24.8 Å². The van der Waals surface area contributed by atoms with E-state index < -0.39 is 0 Å². The minimum Gasteiger partial charge on any atom is -0.309 e. The van der Waals surface area contributed by atoms with Crippen LogP contribution >= 0.6 is 23.4 Å². The summed E-state index contributed by atoms with van der Waals surface area (Å²) in [4.78, 5) is 0. The van der Waals surface area contributed by atoms with Crippen molar-refractivity contribution in [3.63, 3.8) is 0 Å². The second-order valence-electron chi connectivity index (χ2n) is 4.47. The quantitative estimate of drug-likeness (QED) is 0.894. The smallest absolute Gasteiger partial charge is 0.125 e. The third-order valence-electron chi connectivity index (χ3n) is 3.25. The highest BCUT2D eigenvalue weighted by molar-refractivity contribution is 7.99. The maximum Gasteiger partial charge on any atom is 0.125 e. The van der Waals surface area contributed by atoms with E-state index in [1.54, 1.807) is 6.07 Å². The molecule has 0 bridgehead atoms. The fraction of sp³-hybridized carbons (Fsp3) is 0.538. The van der Waals surface area contributed by atoms with E-state index in [4.69, 9.17) is 11.6 Å². The molecule has 1 nitrogen and oxygen atoms in total. The van der Waals surface area contributed by atoms with Crippen LogP contribution in [0.5, 0.6) is 0 Å². The predicted molar refractivity (Wildman–Crippen MR) is 73.2 cm³/mol. The Bertz CT molecular complexity index is 365. The molecule has 0 heterocycles. The number of benzene rings is 1. The minimum atomic E-state index is -0.262. The van der Waals surface area contributed by atoms with Crippen LogP contribution in [0.15, 0.2) is 18.2 Å². The molecule has 2 atom stereocenters. The highest BCUT2D eigenvalue weighted by atomic mass is 35.5. The first-order valence-electron chi connectivity index (χ1n) is 5.90. The molecule has 1 saturated carbocycles. The zero-order chi connectivity index (χ0) is 12.3. The molecule has 1 aliphatic carbocycles. The highest BCUT2D eigenvalue weighted by Gasteiger charge is 2.25. The van der Waals surface area contributed by atoms with Gasteiger partial charge in [0, 0.05) is 22.9 Å². The lowest BCUT2D eigenvalue weighted by Crippen LogP contribution is -2.33. The van der Waals surface area contributed by atoms with Crippen molar-refractivity contribution in [2.24, 2.45) is 0 Å². The monoisotopic (exact) mass is 273 g/mol. The molecule has 0 aliphatic heterocycles. The Morgan fingerprint density at radius 3 is 2.94 bits per heavy atom. The van der Waals surface area contributed by atoms with Crippen LogP contribution in [0.2, 0.25) is 5.02 Å². The summed E-state index contributed by atoms with van der Waals surface area (Å²) in [5.41, 5.74) is 0.918. The van der Waals surface area contributed by atoms with Crippen LogP contribution in [0.4, 0.5) is 4.39 Å². The molecule has 1 aromatic rings. The van der Waals surface area contributed by atoms with Crippen molar-refractivity contribution in [3.05, 3.63) is 34.6 Å². The van der Waals surface area contributed by atoms with E-state index in [9.17, 15) is 4.39 Å². The SMILES string of the molecule is CSC1CCCC1NCc1cc(F)cc(Cl)c1. The molecule has 2 unspecified atom stereocenters. The lowest BCUT2D eigenvalue weighted by atomic mass is 10.2. The maximum atomic E-state index is 13.2. The van der Waals surface area contributed by atoms with Crippen molar-refractivity contribution in [1.82, 2.24) is 5.32 Å². The van der Waals surface area contributed by atoms with E-state index in [1.807, 2.05) is 17.8 Å². The summed E-state index contributed by atoms with van der Waals surface area (Å²) in [7, 11) is 0. The van der Waals surface area contributed by atoms with Gasteiger partial charge in [-0.1, -0.05) is 18.0 Å². The number of hydrogen-bond donors (Lipinski definition) is 1. The largest absolute Gasteiger partial charge is 0.309 e. The van der Waals surface area contributed by atoms with E-state index in [0.717, 1.165) is 5.56 Å². The van der Waals surface area contributed by atoms with E-state index in [0.29, 0.717) is 22.9 Å². The summed E-state index contributed by atoms with van der Waals surface area (Å²) in [6, 6.07) is 5.25. The number of halogens is 2. The van der Waals surface area contributed by atoms with Gasteiger partial charge in [0.25, 0.3) is 0 Å². The van der Waals surface area contributed by atoms with Crippen LogP contribution in [0, 0.1) is 5.82 Å². The Kier molecular flexibility index (Phi) is 4.71. The van der Waals surface area contributed by atoms with Gasteiger partial charge in [0.05, 0.1) is 0 Å². The Labute approximate surface area is 111 Å². The molecule has 2 rings (SSSR count). The molecule has 1 aliphatic rings. The Morgan fingerprint density at radius 1 is 1.41 bits per heavy atom. The normalized spacial score (nSPS) is 24.2. The van der Waals surface area contributed by atoms with E-state index in [-0.39, 0.29) is 5.82 Å². The molecular weight excluding hydrogens is 257 g/mol. The molecule has 1 fully saturated rings. The zero-order valence-electron chi connectivity index (χ0n) is 9.88. The number of thioether (sulfide) groups is 1. The third-order valence-corrected chi connectivity index (χ3v) is 4.63. The zero-order valence-corrected chi connectivity index (χ0v) is 11.5. The van der Waals surface area contributed by atoms with Crippen LogP contribution in [0.25, 0.3) is 0 Å². The Balaban J connectivity index is 1.93. The minimum absolute atomic E-state index is 0.262. The number of nitrogens with one attached hydrogen (secondary N) is 1. The van der Waals surface area contributed by atoms with Crippen molar-refractivity contribution >= 4 is 23.4 Å². The van der Waals surface area contributed by atoms with Crippen molar-refractivity contribution in [3.8, 4) is 0 Å². The van der Waals surface area contributed by atoms with Crippen molar-refractivity contribution in [2.45, 2.75) is 37.1 Å². The molecule has 94 valence electrons. The van der Waals surface area contributed by atoms with Crippen LogP contribution < -0.4 is 5.32 Å². The fourth-order valence-electron chi connectivity index (χ4n) is 2.40. The second-order valence-corrected chi connectivity index (χ2v) is 5.98. The summed E-state index contributed by atoms with van der Waals surface area (Å²) in [5, 5.41) is 4.67.